The molecule has 0 unspecified atom stereocenters. The van der Waals surface area contributed by atoms with Crippen molar-refractivity contribution in [2.24, 2.45) is 0 Å². The van der Waals surface area contributed by atoms with Crippen molar-refractivity contribution in [2.45, 2.75) is 5.88 Å². The third kappa shape index (κ3) is 5.02. The van der Waals surface area contributed by atoms with Gasteiger partial charge < -0.3 is 9.84 Å². The molecule has 0 aromatic heterocycles. The number of carboxylic acid groups (broad SMARTS) is 1. The first kappa shape index (κ1) is 15.1. The molecule has 0 amide bonds. The van der Waals surface area contributed by atoms with Crippen molar-refractivity contribution in [1.29, 1.82) is 0 Å². The van der Waals surface area contributed by atoms with Gasteiger partial charge in [-0.2, -0.15) is 0 Å². The summed E-state index contributed by atoms with van der Waals surface area (Å²) in [6.45, 7) is 0. The van der Waals surface area contributed by atoms with E-state index in [-0.39, 0.29) is 5.56 Å². The number of aromatic carboxylic acids is 1. The quantitative estimate of drug-likeness (QED) is 0.868. The third-order valence-electron chi connectivity index (χ3n) is 2.33. The number of rotatable bonds is 3. The van der Waals surface area contributed by atoms with Crippen LogP contribution in [0.2, 0.25) is 0 Å². The van der Waals surface area contributed by atoms with E-state index < -0.39 is 5.97 Å². The molecule has 0 spiro atoms. The van der Waals surface area contributed by atoms with Crippen LogP contribution >= 0.6 is 11.6 Å². The summed E-state index contributed by atoms with van der Waals surface area (Å²) in [7, 11) is 1.45. The molecule has 0 atom stereocenters. The highest BCUT2D eigenvalue weighted by Gasteiger charge is 2.07. The van der Waals surface area contributed by atoms with Gasteiger partial charge in [0.1, 0.15) is 11.3 Å². The monoisotopic (exact) mass is 278 g/mol. The fraction of sp³-hybridized carbons (Fsp3) is 0.133. The highest BCUT2D eigenvalue weighted by molar-refractivity contribution is 6.17. The van der Waals surface area contributed by atoms with Gasteiger partial charge in [-0.25, -0.2) is 4.79 Å². The van der Waals surface area contributed by atoms with Gasteiger partial charge in [-0.3, -0.25) is 0 Å². The Labute approximate surface area is 117 Å². The average molecular weight is 279 g/mol. The Hall–Kier alpha value is -2.00. The van der Waals surface area contributed by atoms with Crippen molar-refractivity contribution in [3.63, 3.8) is 0 Å². The number of ether oxygens (including phenoxy) is 1. The zero-order chi connectivity index (χ0) is 14.1. The molecule has 0 heterocycles. The van der Waals surface area contributed by atoms with Crippen molar-refractivity contribution in [2.75, 3.05) is 7.11 Å². The van der Waals surface area contributed by atoms with Gasteiger partial charge in [0.25, 0.3) is 0 Å². The smallest absolute Gasteiger partial charge is 0.339 e. The number of hydrogen-bond donors (Lipinski definition) is 1. The Morgan fingerprint density at radius 1 is 1.11 bits per heavy atom. The predicted molar refractivity (Wildman–Crippen MR) is 76.0 cm³/mol. The summed E-state index contributed by atoms with van der Waals surface area (Å²) in [5.41, 5.74) is 1.36. The second-order valence-corrected chi connectivity index (χ2v) is 3.89. The van der Waals surface area contributed by atoms with Crippen LogP contribution in [-0.4, -0.2) is 18.2 Å². The van der Waals surface area contributed by atoms with Crippen LogP contribution in [0.4, 0.5) is 0 Å². The van der Waals surface area contributed by atoms with Gasteiger partial charge in [0.2, 0.25) is 0 Å². The van der Waals surface area contributed by atoms with Crippen molar-refractivity contribution >= 4 is 17.6 Å². The minimum absolute atomic E-state index is 0.190. The van der Waals surface area contributed by atoms with Gasteiger partial charge in [0.05, 0.1) is 7.11 Å². The van der Waals surface area contributed by atoms with Crippen LogP contribution in [0, 0.1) is 0 Å². The molecule has 0 aliphatic heterocycles. The molecule has 0 radical (unpaired) electrons. The molecular formula is C15H15ClO3. The van der Waals surface area contributed by atoms with E-state index in [2.05, 4.69) is 0 Å². The molecule has 1 N–H and O–H groups in total. The van der Waals surface area contributed by atoms with Crippen LogP contribution < -0.4 is 4.74 Å². The normalized spacial score (nSPS) is 9.16. The average Bonchev–Trinajstić information content (AvgIpc) is 2.48. The molecule has 0 fully saturated rings. The fourth-order valence-corrected chi connectivity index (χ4v) is 1.57. The van der Waals surface area contributed by atoms with Crippen LogP contribution in [-0.2, 0) is 5.88 Å². The molecule has 0 saturated carbocycles. The first-order valence-corrected chi connectivity index (χ1v) is 6.18. The van der Waals surface area contributed by atoms with Crippen LogP contribution in [0.15, 0.2) is 54.6 Å². The minimum atomic E-state index is -0.970. The second kappa shape index (κ2) is 8.16. The Morgan fingerprint density at radius 2 is 1.68 bits per heavy atom. The van der Waals surface area contributed by atoms with E-state index in [0.29, 0.717) is 11.6 Å². The zero-order valence-electron chi connectivity index (χ0n) is 10.5. The standard InChI is InChI=1S/C8H8O3.C7H7Cl/c1-11-7-5-3-2-4-6(7)8(9)10;8-6-7-4-2-1-3-5-7/h2-5H,1H3,(H,9,10);1-5H,6H2. The lowest BCUT2D eigenvalue weighted by molar-refractivity contribution is 0.0693. The van der Waals surface area contributed by atoms with Crippen LogP contribution in [0.1, 0.15) is 15.9 Å². The molecular weight excluding hydrogens is 264 g/mol. The van der Waals surface area contributed by atoms with Gasteiger partial charge >= 0.3 is 5.97 Å². The summed E-state index contributed by atoms with van der Waals surface area (Å²) in [4.78, 5) is 10.5. The SMILES string of the molecule is COc1ccccc1C(=O)O.ClCc1ccccc1. The van der Waals surface area contributed by atoms with Crippen molar-refractivity contribution in [1.82, 2.24) is 0 Å². The summed E-state index contributed by atoms with van der Waals surface area (Å²) in [6.07, 6.45) is 0. The van der Waals surface area contributed by atoms with Gasteiger partial charge in [-0.15, -0.1) is 11.6 Å². The summed E-state index contributed by atoms with van der Waals surface area (Å²) >= 11 is 5.53. The number of halogens is 1. The fourth-order valence-electron chi connectivity index (χ4n) is 1.39. The lowest BCUT2D eigenvalue weighted by atomic mass is 10.2. The molecule has 0 aliphatic rings. The molecule has 0 saturated heterocycles. The van der Waals surface area contributed by atoms with Gasteiger partial charge in [-0.1, -0.05) is 42.5 Å². The predicted octanol–water partition coefficient (Wildman–Crippen LogP) is 3.82. The molecule has 0 bridgehead atoms. The van der Waals surface area contributed by atoms with E-state index in [9.17, 15) is 4.79 Å². The summed E-state index contributed by atoms with van der Waals surface area (Å²) < 4.78 is 4.83. The number of hydrogen-bond acceptors (Lipinski definition) is 2. The van der Waals surface area contributed by atoms with E-state index in [4.69, 9.17) is 21.4 Å². The summed E-state index contributed by atoms with van der Waals surface area (Å²) in [6, 6.07) is 16.5. The Kier molecular flexibility index (Phi) is 6.47. The van der Waals surface area contributed by atoms with Crippen LogP contribution in [0.25, 0.3) is 0 Å². The highest BCUT2D eigenvalue weighted by atomic mass is 35.5. The van der Waals surface area contributed by atoms with Crippen LogP contribution in [0.5, 0.6) is 5.75 Å². The molecule has 2 aromatic carbocycles. The topological polar surface area (TPSA) is 46.5 Å². The summed E-state index contributed by atoms with van der Waals surface area (Å²) in [5, 5.41) is 8.62. The van der Waals surface area contributed by atoms with Crippen molar-refractivity contribution < 1.29 is 14.6 Å². The van der Waals surface area contributed by atoms with Gasteiger partial charge in [0, 0.05) is 5.88 Å². The first-order valence-electron chi connectivity index (χ1n) is 5.65. The number of para-hydroxylation sites is 1. The van der Waals surface area contributed by atoms with E-state index in [1.165, 1.54) is 18.7 Å². The molecule has 3 nitrogen and oxygen atoms in total. The van der Waals surface area contributed by atoms with Gasteiger partial charge in [0.15, 0.2) is 0 Å². The highest BCUT2D eigenvalue weighted by Crippen LogP contribution is 2.16. The number of carboxylic acids is 1. The van der Waals surface area contributed by atoms with Crippen molar-refractivity contribution in [3.05, 3.63) is 65.7 Å². The molecule has 19 heavy (non-hydrogen) atoms. The maximum atomic E-state index is 10.5. The molecule has 2 rings (SSSR count). The molecule has 2 aromatic rings. The Bertz CT molecular complexity index is 512. The van der Waals surface area contributed by atoms with E-state index in [1.807, 2.05) is 30.3 Å². The number of alkyl halides is 1. The molecule has 100 valence electrons. The second-order valence-electron chi connectivity index (χ2n) is 3.62. The Morgan fingerprint density at radius 3 is 2.11 bits per heavy atom. The maximum Gasteiger partial charge on any atom is 0.339 e. The largest absolute Gasteiger partial charge is 0.496 e. The minimum Gasteiger partial charge on any atom is -0.496 e. The van der Waals surface area contributed by atoms with Crippen LogP contribution in [0.3, 0.4) is 0 Å². The lowest BCUT2D eigenvalue weighted by Crippen LogP contribution is -1.99. The van der Waals surface area contributed by atoms with E-state index in [1.54, 1.807) is 18.2 Å². The molecule has 0 aliphatic carbocycles. The number of benzene rings is 2. The maximum absolute atomic E-state index is 10.5. The van der Waals surface area contributed by atoms with Gasteiger partial charge in [-0.05, 0) is 17.7 Å². The first-order chi connectivity index (χ1) is 9.19. The molecule has 4 heteroatoms. The Balaban J connectivity index is 0.000000200. The van der Waals surface area contributed by atoms with E-state index >= 15 is 0 Å². The number of carbonyl (C=O) groups is 1. The third-order valence-corrected chi connectivity index (χ3v) is 2.64. The lowest BCUT2D eigenvalue weighted by Gasteiger charge is -2.01. The van der Waals surface area contributed by atoms with Crippen molar-refractivity contribution in [3.8, 4) is 5.75 Å². The zero-order valence-corrected chi connectivity index (χ0v) is 11.3. The number of methoxy groups -OCH3 is 1. The summed E-state index contributed by atoms with van der Waals surface area (Å²) in [5.74, 6) is 0.0309. The van der Waals surface area contributed by atoms with E-state index in [0.717, 1.165) is 0 Å².